The minimum atomic E-state index is -0.985. The summed E-state index contributed by atoms with van der Waals surface area (Å²) in [6, 6.07) is -0.503. The predicted octanol–water partition coefficient (Wildman–Crippen LogP) is -0.933. The Kier molecular flexibility index (Phi) is 6.32. The predicted molar refractivity (Wildman–Crippen MR) is 65.7 cm³/mol. The normalized spacial score (nSPS) is 12.7. The SMILES string of the molecule is CC(C)(C)C(CC(=O)O)NC(=O)CNC(=O)CN. The zero-order chi connectivity index (χ0) is 14.3. The second-order valence-corrected chi connectivity index (χ2v) is 5.06. The number of hydrogen-bond acceptors (Lipinski definition) is 4. The Bertz CT molecular complexity index is 323. The summed E-state index contributed by atoms with van der Waals surface area (Å²) in [5.41, 5.74) is 4.69. The molecule has 1 unspecified atom stereocenters. The molecule has 18 heavy (non-hydrogen) atoms. The van der Waals surface area contributed by atoms with Crippen molar-refractivity contribution in [1.29, 1.82) is 0 Å². The summed E-state index contributed by atoms with van der Waals surface area (Å²) in [6.45, 7) is 5.10. The van der Waals surface area contributed by atoms with Crippen LogP contribution in [0.25, 0.3) is 0 Å². The van der Waals surface area contributed by atoms with Gasteiger partial charge in [-0.3, -0.25) is 14.4 Å². The van der Waals surface area contributed by atoms with E-state index in [2.05, 4.69) is 10.6 Å². The number of carbonyl (C=O) groups excluding carboxylic acids is 2. The summed E-state index contributed by atoms with van der Waals surface area (Å²) in [5, 5.41) is 13.7. The van der Waals surface area contributed by atoms with E-state index in [4.69, 9.17) is 10.8 Å². The van der Waals surface area contributed by atoms with Gasteiger partial charge in [-0.2, -0.15) is 0 Å². The average Bonchev–Trinajstić information content (AvgIpc) is 2.23. The molecule has 0 heterocycles. The number of rotatable bonds is 6. The molecular weight excluding hydrogens is 238 g/mol. The number of nitrogens with two attached hydrogens (primary N) is 1. The first kappa shape index (κ1) is 16.4. The molecule has 0 aromatic rings. The largest absolute Gasteiger partial charge is 0.481 e. The van der Waals surface area contributed by atoms with Crippen molar-refractivity contribution in [3.05, 3.63) is 0 Å². The Labute approximate surface area is 106 Å². The van der Waals surface area contributed by atoms with Crippen LogP contribution in [0.3, 0.4) is 0 Å². The molecule has 7 heteroatoms. The van der Waals surface area contributed by atoms with E-state index in [1.165, 1.54) is 0 Å². The van der Waals surface area contributed by atoms with E-state index in [0.29, 0.717) is 0 Å². The second kappa shape index (κ2) is 6.95. The molecule has 0 aromatic carbocycles. The topological polar surface area (TPSA) is 122 Å². The van der Waals surface area contributed by atoms with Crippen LogP contribution >= 0.6 is 0 Å². The van der Waals surface area contributed by atoms with Crippen LogP contribution in [-0.4, -0.2) is 42.0 Å². The lowest BCUT2D eigenvalue weighted by atomic mass is 9.84. The zero-order valence-electron chi connectivity index (χ0n) is 10.9. The van der Waals surface area contributed by atoms with Crippen molar-refractivity contribution in [2.75, 3.05) is 13.1 Å². The van der Waals surface area contributed by atoms with Crippen LogP contribution in [0.2, 0.25) is 0 Å². The third kappa shape index (κ3) is 6.85. The van der Waals surface area contributed by atoms with E-state index < -0.39 is 23.8 Å². The summed E-state index contributed by atoms with van der Waals surface area (Å²) in [7, 11) is 0. The number of hydrogen-bond donors (Lipinski definition) is 4. The highest BCUT2D eigenvalue weighted by Gasteiger charge is 2.28. The number of carboxylic acid groups (broad SMARTS) is 1. The molecule has 0 saturated heterocycles. The minimum absolute atomic E-state index is 0.167. The van der Waals surface area contributed by atoms with Gasteiger partial charge in [-0.15, -0.1) is 0 Å². The van der Waals surface area contributed by atoms with Gasteiger partial charge in [0, 0.05) is 6.04 Å². The van der Waals surface area contributed by atoms with Crippen LogP contribution in [0.15, 0.2) is 0 Å². The number of amides is 2. The fraction of sp³-hybridized carbons (Fsp3) is 0.727. The second-order valence-electron chi connectivity index (χ2n) is 5.06. The van der Waals surface area contributed by atoms with Crippen LogP contribution in [0, 0.1) is 5.41 Å². The summed E-state index contributed by atoms with van der Waals surface area (Å²) < 4.78 is 0. The van der Waals surface area contributed by atoms with Crippen molar-refractivity contribution in [1.82, 2.24) is 10.6 Å². The van der Waals surface area contributed by atoms with Crippen LogP contribution in [0.4, 0.5) is 0 Å². The molecule has 0 radical (unpaired) electrons. The van der Waals surface area contributed by atoms with Crippen LogP contribution in [-0.2, 0) is 14.4 Å². The number of carboxylic acids is 1. The van der Waals surface area contributed by atoms with E-state index in [-0.39, 0.29) is 24.9 Å². The lowest BCUT2D eigenvalue weighted by molar-refractivity contribution is -0.138. The average molecular weight is 259 g/mol. The first-order chi connectivity index (χ1) is 8.16. The van der Waals surface area contributed by atoms with Crippen LogP contribution in [0.5, 0.6) is 0 Å². The molecule has 0 aliphatic carbocycles. The van der Waals surface area contributed by atoms with Gasteiger partial charge in [0.2, 0.25) is 11.8 Å². The molecule has 0 spiro atoms. The highest BCUT2D eigenvalue weighted by atomic mass is 16.4. The van der Waals surface area contributed by atoms with Crippen LogP contribution < -0.4 is 16.4 Å². The molecule has 2 amide bonds. The number of aliphatic carboxylic acids is 1. The fourth-order valence-electron chi connectivity index (χ4n) is 1.24. The molecule has 5 N–H and O–H groups in total. The molecule has 0 fully saturated rings. The van der Waals surface area contributed by atoms with Gasteiger partial charge in [-0.25, -0.2) is 0 Å². The molecule has 0 aromatic heterocycles. The molecule has 0 aliphatic heterocycles. The maximum Gasteiger partial charge on any atom is 0.305 e. The molecule has 0 bridgehead atoms. The highest BCUT2D eigenvalue weighted by molar-refractivity contribution is 5.85. The summed E-state index contributed by atoms with van der Waals surface area (Å²) in [4.78, 5) is 33.1. The molecule has 0 rings (SSSR count). The quantitative estimate of drug-likeness (QED) is 0.491. The van der Waals surface area contributed by atoms with Gasteiger partial charge in [-0.1, -0.05) is 20.8 Å². The van der Waals surface area contributed by atoms with Crippen molar-refractivity contribution >= 4 is 17.8 Å². The van der Waals surface area contributed by atoms with E-state index in [9.17, 15) is 14.4 Å². The Morgan fingerprint density at radius 3 is 2.17 bits per heavy atom. The Morgan fingerprint density at radius 2 is 1.78 bits per heavy atom. The van der Waals surface area contributed by atoms with Gasteiger partial charge in [0.1, 0.15) is 0 Å². The van der Waals surface area contributed by atoms with E-state index in [1.807, 2.05) is 20.8 Å². The monoisotopic (exact) mass is 259 g/mol. The third-order valence-corrected chi connectivity index (χ3v) is 2.39. The van der Waals surface area contributed by atoms with Gasteiger partial charge in [-0.05, 0) is 5.41 Å². The summed E-state index contributed by atoms with van der Waals surface area (Å²) >= 11 is 0. The maximum absolute atomic E-state index is 11.5. The van der Waals surface area contributed by atoms with Gasteiger partial charge in [0.15, 0.2) is 0 Å². The standard InChI is InChI=1S/C11H21N3O4/c1-11(2,3)7(4-10(17)18)14-9(16)6-13-8(15)5-12/h7H,4-6,12H2,1-3H3,(H,13,15)(H,14,16)(H,17,18). The third-order valence-electron chi connectivity index (χ3n) is 2.39. The molecular formula is C11H21N3O4. The molecule has 1 atom stereocenters. The van der Waals surface area contributed by atoms with Gasteiger partial charge in [0.05, 0.1) is 19.5 Å². The minimum Gasteiger partial charge on any atom is -0.481 e. The Hall–Kier alpha value is -1.63. The van der Waals surface area contributed by atoms with Crippen LogP contribution in [0.1, 0.15) is 27.2 Å². The summed E-state index contributed by atoms with van der Waals surface area (Å²) in [6.07, 6.45) is -0.167. The molecule has 0 saturated carbocycles. The Balaban J connectivity index is 4.36. The highest BCUT2D eigenvalue weighted by Crippen LogP contribution is 2.21. The van der Waals surface area contributed by atoms with Crippen molar-refractivity contribution in [3.63, 3.8) is 0 Å². The number of carbonyl (C=O) groups is 3. The fourth-order valence-corrected chi connectivity index (χ4v) is 1.24. The van der Waals surface area contributed by atoms with Crippen molar-refractivity contribution < 1.29 is 19.5 Å². The van der Waals surface area contributed by atoms with E-state index in [1.54, 1.807) is 0 Å². The first-order valence-electron chi connectivity index (χ1n) is 5.64. The lowest BCUT2D eigenvalue weighted by Gasteiger charge is -2.30. The van der Waals surface area contributed by atoms with Gasteiger partial charge >= 0.3 is 5.97 Å². The zero-order valence-corrected chi connectivity index (χ0v) is 10.9. The van der Waals surface area contributed by atoms with E-state index in [0.717, 1.165) is 0 Å². The van der Waals surface area contributed by atoms with Crippen molar-refractivity contribution in [3.8, 4) is 0 Å². The first-order valence-corrected chi connectivity index (χ1v) is 5.64. The van der Waals surface area contributed by atoms with E-state index >= 15 is 0 Å². The molecule has 0 aliphatic rings. The smallest absolute Gasteiger partial charge is 0.305 e. The Morgan fingerprint density at radius 1 is 1.22 bits per heavy atom. The summed E-state index contributed by atoms with van der Waals surface area (Å²) in [5.74, 6) is -1.85. The maximum atomic E-state index is 11.5. The molecule has 104 valence electrons. The van der Waals surface area contributed by atoms with Gasteiger partial charge in [0.25, 0.3) is 0 Å². The van der Waals surface area contributed by atoms with Crippen molar-refractivity contribution in [2.45, 2.75) is 33.2 Å². The molecule has 7 nitrogen and oxygen atoms in total. The van der Waals surface area contributed by atoms with Crippen molar-refractivity contribution in [2.24, 2.45) is 11.1 Å². The number of nitrogens with one attached hydrogen (secondary N) is 2. The lowest BCUT2D eigenvalue weighted by Crippen LogP contribution is -2.48. The van der Waals surface area contributed by atoms with Gasteiger partial charge < -0.3 is 21.5 Å².